The molecule has 0 aliphatic heterocycles. The minimum atomic E-state index is -0.481. The van der Waals surface area contributed by atoms with Gasteiger partial charge in [0.2, 0.25) is 0 Å². The van der Waals surface area contributed by atoms with Gasteiger partial charge < -0.3 is 4.90 Å². The van der Waals surface area contributed by atoms with E-state index in [0.717, 1.165) is 12.7 Å². The first-order valence-corrected chi connectivity index (χ1v) is 6.83. The SMILES string of the molecule is CN(C)CCn1ncc(Cl)c1C(NN)c1cncc(F)c1. The zero-order valence-corrected chi connectivity index (χ0v) is 12.7. The number of hydrogen-bond acceptors (Lipinski definition) is 5. The van der Waals surface area contributed by atoms with Crippen molar-refractivity contribution in [2.75, 3.05) is 20.6 Å². The molecule has 8 heteroatoms. The number of likely N-dealkylation sites (N-methyl/N-ethyl adjacent to an activating group) is 1. The summed E-state index contributed by atoms with van der Waals surface area (Å²) >= 11 is 6.22. The third kappa shape index (κ3) is 3.76. The number of halogens is 2. The molecule has 0 saturated heterocycles. The number of aromatic nitrogens is 3. The molecule has 2 aromatic rings. The molecule has 1 atom stereocenters. The molecule has 0 saturated carbocycles. The highest BCUT2D eigenvalue weighted by molar-refractivity contribution is 6.31. The number of hydrazine groups is 1. The topological polar surface area (TPSA) is 72.0 Å². The Kier molecular flexibility index (Phi) is 5.24. The Morgan fingerprint density at radius 1 is 1.43 bits per heavy atom. The molecule has 1 unspecified atom stereocenters. The van der Waals surface area contributed by atoms with E-state index in [1.165, 1.54) is 6.07 Å². The molecule has 0 bridgehead atoms. The van der Waals surface area contributed by atoms with Crippen LogP contribution in [0, 0.1) is 5.82 Å². The molecule has 0 spiro atoms. The van der Waals surface area contributed by atoms with Crippen LogP contribution in [-0.4, -0.2) is 40.3 Å². The molecule has 0 aliphatic rings. The molecular formula is C13H18ClFN6. The third-order valence-corrected chi connectivity index (χ3v) is 3.38. The molecule has 0 aromatic carbocycles. The molecule has 0 aliphatic carbocycles. The van der Waals surface area contributed by atoms with Crippen LogP contribution >= 0.6 is 11.6 Å². The summed E-state index contributed by atoms with van der Waals surface area (Å²) < 4.78 is 15.1. The summed E-state index contributed by atoms with van der Waals surface area (Å²) in [6.45, 7) is 1.44. The predicted molar refractivity (Wildman–Crippen MR) is 79.2 cm³/mol. The third-order valence-electron chi connectivity index (χ3n) is 3.09. The van der Waals surface area contributed by atoms with E-state index in [1.54, 1.807) is 17.1 Å². The summed E-state index contributed by atoms with van der Waals surface area (Å²) in [6, 6.07) is 0.891. The average Bonchev–Trinajstić information content (AvgIpc) is 2.79. The van der Waals surface area contributed by atoms with Crippen molar-refractivity contribution in [2.45, 2.75) is 12.6 Å². The maximum absolute atomic E-state index is 13.4. The van der Waals surface area contributed by atoms with E-state index in [1.807, 2.05) is 19.0 Å². The van der Waals surface area contributed by atoms with Crippen molar-refractivity contribution in [3.8, 4) is 0 Å². The fourth-order valence-electron chi connectivity index (χ4n) is 2.05. The minimum absolute atomic E-state index is 0.428. The van der Waals surface area contributed by atoms with E-state index in [9.17, 15) is 4.39 Å². The number of nitrogens with two attached hydrogens (primary N) is 1. The number of rotatable bonds is 6. The lowest BCUT2D eigenvalue weighted by molar-refractivity contribution is 0.365. The fraction of sp³-hybridized carbons (Fsp3) is 0.385. The lowest BCUT2D eigenvalue weighted by Crippen LogP contribution is -2.32. The summed E-state index contributed by atoms with van der Waals surface area (Å²) in [6.07, 6.45) is 4.25. The van der Waals surface area contributed by atoms with E-state index < -0.39 is 11.9 Å². The largest absolute Gasteiger partial charge is 0.308 e. The monoisotopic (exact) mass is 312 g/mol. The maximum atomic E-state index is 13.4. The molecule has 0 amide bonds. The normalized spacial score (nSPS) is 12.9. The Bertz CT molecular complexity index is 600. The highest BCUT2D eigenvalue weighted by Gasteiger charge is 2.22. The molecule has 21 heavy (non-hydrogen) atoms. The number of pyridine rings is 1. The van der Waals surface area contributed by atoms with Gasteiger partial charge in [-0.3, -0.25) is 15.5 Å². The molecule has 2 heterocycles. The first kappa shape index (κ1) is 15.8. The summed E-state index contributed by atoms with van der Waals surface area (Å²) in [5.74, 6) is 5.20. The summed E-state index contributed by atoms with van der Waals surface area (Å²) in [5, 5.41) is 4.73. The smallest absolute Gasteiger partial charge is 0.141 e. The van der Waals surface area contributed by atoms with Crippen LogP contribution in [0.4, 0.5) is 4.39 Å². The lowest BCUT2D eigenvalue weighted by Gasteiger charge is -2.19. The molecule has 0 fully saturated rings. The van der Waals surface area contributed by atoms with Gasteiger partial charge in [-0.25, -0.2) is 9.82 Å². The van der Waals surface area contributed by atoms with Gasteiger partial charge in [-0.15, -0.1) is 0 Å². The van der Waals surface area contributed by atoms with Crippen molar-refractivity contribution in [1.82, 2.24) is 25.1 Å². The minimum Gasteiger partial charge on any atom is -0.308 e. The van der Waals surface area contributed by atoms with Crippen molar-refractivity contribution in [2.24, 2.45) is 5.84 Å². The standard InChI is InChI=1S/C13H18ClFN6/c1-20(2)3-4-21-13(11(14)8-18-21)12(19-16)9-5-10(15)7-17-6-9/h5-8,12,19H,3-4,16H2,1-2H3. The van der Waals surface area contributed by atoms with E-state index in [2.05, 4.69) is 15.5 Å². The van der Waals surface area contributed by atoms with Gasteiger partial charge >= 0.3 is 0 Å². The van der Waals surface area contributed by atoms with E-state index in [0.29, 0.717) is 22.8 Å². The second-order valence-electron chi connectivity index (χ2n) is 4.94. The lowest BCUT2D eigenvalue weighted by atomic mass is 10.1. The Balaban J connectivity index is 2.35. The average molecular weight is 313 g/mol. The van der Waals surface area contributed by atoms with Crippen LogP contribution in [0.3, 0.4) is 0 Å². The highest BCUT2D eigenvalue weighted by Crippen LogP contribution is 2.27. The Labute approximate surface area is 127 Å². The molecule has 2 rings (SSSR count). The maximum Gasteiger partial charge on any atom is 0.141 e. The number of nitrogens with zero attached hydrogens (tertiary/aromatic N) is 4. The zero-order valence-electron chi connectivity index (χ0n) is 11.9. The molecular weight excluding hydrogens is 295 g/mol. The van der Waals surface area contributed by atoms with Crippen molar-refractivity contribution in [1.29, 1.82) is 0 Å². The van der Waals surface area contributed by atoms with Crippen LogP contribution in [0.2, 0.25) is 5.02 Å². The Morgan fingerprint density at radius 2 is 2.19 bits per heavy atom. The predicted octanol–water partition coefficient (Wildman–Crippen LogP) is 1.18. The van der Waals surface area contributed by atoms with E-state index in [-0.39, 0.29) is 0 Å². The first-order valence-electron chi connectivity index (χ1n) is 6.45. The van der Waals surface area contributed by atoms with Crippen molar-refractivity contribution in [3.63, 3.8) is 0 Å². The highest BCUT2D eigenvalue weighted by atomic mass is 35.5. The van der Waals surface area contributed by atoms with Gasteiger partial charge in [-0.1, -0.05) is 11.6 Å². The fourth-order valence-corrected chi connectivity index (χ4v) is 2.30. The second-order valence-corrected chi connectivity index (χ2v) is 5.35. The van der Waals surface area contributed by atoms with Crippen molar-refractivity contribution >= 4 is 11.6 Å². The van der Waals surface area contributed by atoms with Gasteiger partial charge in [0.05, 0.1) is 35.7 Å². The van der Waals surface area contributed by atoms with Gasteiger partial charge in [-0.05, 0) is 25.7 Å². The van der Waals surface area contributed by atoms with E-state index >= 15 is 0 Å². The molecule has 3 N–H and O–H groups in total. The Hall–Kier alpha value is -1.54. The summed E-state index contributed by atoms with van der Waals surface area (Å²) in [4.78, 5) is 5.88. The van der Waals surface area contributed by atoms with Gasteiger partial charge in [-0.2, -0.15) is 5.10 Å². The molecule has 6 nitrogen and oxygen atoms in total. The summed E-state index contributed by atoms with van der Waals surface area (Å²) in [5.41, 5.74) is 3.93. The van der Waals surface area contributed by atoms with Gasteiger partial charge in [0.1, 0.15) is 5.82 Å². The number of nitrogens with one attached hydrogen (secondary N) is 1. The van der Waals surface area contributed by atoms with Crippen LogP contribution in [0.15, 0.2) is 24.7 Å². The van der Waals surface area contributed by atoms with Crippen LogP contribution in [-0.2, 0) is 6.54 Å². The zero-order chi connectivity index (χ0) is 15.4. The molecule has 2 aromatic heterocycles. The van der Waals surface area contributed by atoms with Crippen LogP contribution in [0.5, 0.6) is 0 Å². The van der Waals surface area contributed by atoms with Crippen molar-refractivity contribution < 1.29 is 4.39 Å². The van der Waals surface area contributed by atoms with Crippen LogP contribution in [0.1, 0.15) is 17.3 Å². The van der Waals surface area contributed by atoms with Gasteiger partial charge in [0.25, 0.3) is 0 Å². The van der Waals surface area contributed by atoms with Gasteiger partial charge in [0, 0.05) is 12.7 Å². The number of hydrogen-bond donors (Lipinski definition) is 2. The second kappa shape index (κ2) is 6.95. The Morgan fingerprint density at radius 3 is 2.81 bits per heavy atom. The summed E-state index contributed by atoms with van der Waals surface area (Å²) in [7, 11) is 3.94. The first-order chi connectivity index (χ1) is 10.0. The van der Waals surface area contributed by atoms with Crippen LogP contribution in [0.25, 0.3) is 0 Å². The molecule has 114 valence electrons. The van der Waals surface area contributed by atoms with Gasteiger partial charge in [0.15, 0.2) is 0 Å². The quantitative estimate of drug-likeness (QED) is 0.619. The molecule has 0 radical (unpaired) electrons. The van der Waals surface area contributed by atoms with Crippen LogP contribution < -0.4 is 11.3 Å². The van der Waals surface area contributed by atoms with E-state index in [4.69, 9.17) is 17.4 Å². The van der Waals surface area contributed by atoms with Crippen molar-refractivity contribution in [3.05, 3.63) is 46.8 Å².